The van der Waals surface area contributed by atoms with Crippen molar-refractivity contribution in [2.45, 2.75) is 6.18 Å². The summed E-state index contributed by atoms with van der Waals surface area (Å²) in [7, 11) is 0. The van der Waals surface area contributed by atoms with Gasteiger partial charge < -0.3 is 10.6 Å². The third kappa shape index (κ3) is 4.20. The second-order valence-electron chi connectivity index (χ2n) is 4.17. The Labute approximate surface area is 117 Å². The number of rotatable bonds is 2. The summed E-state index contributed by atoms with van der Waals surface area (Å²) in [5, 5.41) is 4.57. The molecule has 0 aliphatic heterocycles. The van der Waals surface area contributed by atoms with E-state index in [2.05, 4.69) is 10.6 Å². The van der Waals surface area contributed by atoms with Gasteiger partial charge in [0.25, 0.3) is 0 Å². The summed E-state index contributed by atoms with van der Waals surface area (Å²) in [6.07, 6.45) is -4.69. The predicted octanol–water partition coefficient (Wildman–Crippen LogP) is 4.49. The SMILES string of the molecule is O=C(Nc1ccccc1)Nc1cc(F)cc(C(F)(F)F)c1. The zero-order chi connectivity index (χ0) is 15.5. The number of anilines is 2. The fourth-order valence-electron chi connectivity index (χ4n) is 1.64. The van der Waals surface area contributed by atoms with Gasteiger partial charge in [0.1, 0.15) is 5.82 Å². The van der Waals surface area contributed by atoms with Crippen LogP contribution in [0.25, 0.3) is 0 Å². The zero-order valence-electron chi connectivity index (χ0n) is 10.5. The zero-order valence-corrected chi connectivity index (χ0v) is 10.5. The third-order valence-electron chi connectivity index (χ3n) is 2.51. The van der Waals surface area contributed by atoms with E-state index in [1.807, 2.05) is 0 Å². The summed E-state index contributed by atoms with van der Waals surface area (Å²) in [5.74, 6) is -1.08. The van der Waals surface area contributed by atoms with Crippen LogP contribution in [0, 0.1) is 5.82 Å². The lowest BCUT2D eigenvalue weighted by molar-refractivity contribution is -0.137. The quantitative estimate of drug-likeness (QED) is 0.788. The van der Waals surface area contributed by atoms with Gasteiger partial charge in [-0.2, -0.15) is 13.2 Å². The maximum atomic E-state index is 13.2. The van der Waals surface area contributed by atoms with Gasteiger partial charge >= 0.3 is 12.2 Å². The molecule has 2 rings (SSSR count). The molecule has 110 valence electrons. The number of urea groups is 1. The molecule has 2 aromatic carbocycles. The molecule has 3 nitrogen and oxygen atoms in total. The van der Waals surface area contributed by atoms with Gasteiger partial charge in [-0.05, 0) is 30.3 Å². The topological polar surface area (TPSA) is 41.1 Å². The molecular weight excluding hydrogens is 288 g/mol. The Hall–Kier alpha value is -2.57. The van der Waals surface area contributed by atoms with Crippen LogP contribution in [-0.2, 0) is 6.18 Å². The second-order valence-corrected chi connectivity index (χ2v) is 4.17. The number of benzene rings is 2. The molecule has 0 aliphatic rings. The molecule has 0 bridgehead atoms. The van der Waals surface area contributed by atoms with Crippen LogP contribution in [0.4, 0.5) is 33.7 Å². The first kappa shape index (κ1) is 14.8. The van der Waals surface area contributed by atoms with Crippen molar-refractivity contribution in [2.75, 3.05) is 10.6 Å². The molecule has 0 saturated carbocycles. The van der Waals surface area contributed by atoms with E-state index in [0.29, 0.717) is 17.8 Å². The van der Waals surface area contributed by atoms with Crippen LogP contribution in [0.5, 0.6) is 0 Å². The molecule has 0 heterocycles. The molecule has 0 fully saturated rings. The molecule has 0 saturated heterocycles. The highest BCUT2D eigenvalue weighted by Gasteiger charge is 2.31. The normalized spacial score (nSPS) is 11.0. The minimum Gasteiger partial charge on any atom is -0.308 e. The number of hydrogen-bond acceptors (Lipinski definition) is 1. The number of amides is 2. The van der Waals surface area contributed by atoms with Crippen molar-refractivity contribution in [1.82, 2.24) is 0 Å². The van der Waals surface area contributed by atoms with Crippen molar-refractivity contribution in [3.05, 3.63) is 59.9 Å². The highest BCUT2D eigenvalue weighted by Crippen LogP contribution is 2.31. The highest BCUT2D eigenvalue weighted by molar-refractivity contribution is 5.99. The Morgan fingerprint density at radius 1 is 0.905 bits per heavy atom. The minimum atomic E-state index is -4.69. The summed E-state index contributed by atoms with van der Waals surface area (Å²) >= 11 is 0. The van der Waals surface area contributed by atoms with E-state index in [0.717, 1.165) is 6.07 Å². The number of hydrogen-bond donors (Lipinski definition) is 2. The second kappa shape index (κ2) is 5.82. The minimum absolute atomic E-state index is 0.282. The third-order valence-corrected chi connectivity index (χ3v) is 2.51. The maximum absolute atomic E-state index is 13.2. The van der Waals surface area contributed by atoms with E-state index in [9.17, 15) is 22.4 Å². The number of halogens is 4. The Balaban J connectivity index is 2.12. The van der Waals surface area contributed by atoms with Crippen molar-refractivity contribution in [3.63, 3.8) is 0 Å². The van der Waals surface area contributed by atoms with Crippen LogP contribution >= 0.6 is 0 Å². The van der Waals surface area contributed by atoms with Crippen LogP contribution in [0.3, 0.4) is 0 Å². The van der Waals surface area contributed by atoms with Crippen LogP contribution in [-0.4, -0.2) is 6.03 Å². The van der Waals surface area contributed by atoms with Crippen LogP contribution < -0.4 is 10.6 Å². The number of alkyl halides is 3. The monoisotopic (exact) mass is 298 g/mol. The van der Waals surface area contributed by atoms with Crippen molar-refractivity contribution in [3.8, 4) is 0 Å². The summed E-state index contributed by atoms with van der Waals surface area (Å²) < 4.78 is 50.8. The van der Waals surface area contributed by atoms with E-state index in [1.54, 1.807) is 30.3 Å². The maximum Gasteiger partial charge on any atom is 0.416 e. The fraction of sp³-hybridized carbons (Fsp3) is 0.0714. The Bertz CT molecular complexity index is 641. The van der Waals surface area contributed by atoms with Gasteiger partial charge in [-0.25, -0.2) is 9.18 Å². The molecule has 2 aromatic rings. The number of carbonyl (C=O) groups is 1. The average Bonchev–Trinajstić information content (AvgIpc) is 2.37. The Morgan fingerprint density at radius 2 is 1.52 bits per heavy atom. The molecule has 0 atom stereocenters. The molecule has 2 amide bonds. The molecule has 7 heteroatoms. The van der Waals surface area contributed by atoms with Gasteiger partial charge in [-0.15, -0.1) is 0 Å². The summed E-state index contributed by atoms with van der Waals surface area (Å²) in [6.45, 7) is 0. The first-order valence-corrected chi connectivity index (χ1v) is 5.85. The molecule has 0 aliphatic carbocycles. The van der Waals surface area contributed by atoms with E-state index in [1.165, 1.54) is 0 Å². The largest absolute Gasteiger partial charge is 0.416 e. The number of carbonyl (C=O) groups excluding carboxylic acids is 1. The lowest BCUT2D eigenvalue weighted by atomic mass is 10.2. The lowest BCUT2D eigenvalue weighted by Gasteiger charge is -2.11. The smallest absolute Gasteiger partial charge is 0.308 e. The van der Waals surface area contributed by atoms with Gasteiger partial charge in [0.05, 0.1) is 5.56 Å². The van der Waals surface area contributed by atoms with Crippen LogP contribution in [0.2, 0.25) is 0 Å². The molecular formula is C14H10F4N2O. The fourth-order valence-corrected chi connectivity index (χ4v) is 1.64. The van der Waals surface area contributed by atoms with Crippen LogP contribution in [0.15, 0.2) is 48.5 Å². The van der Waals surface area contributed by atoms with Crippen molar-refractivity contribution in [2.24, 2.45) is 0 Å². The Morgan fingerprint density at radius 3 is 2.14 bits per heavy atom. The van der Waals surface area contributed by atoms with Gasteiger partial charge in [-0.1, -0.05) is 18.2 Å². The number of para-hydroxylation sites is 1. The van der Waals surface area contributed by atoms with E-state index < -0.39 is 23.6 Å². The molecule has 0 spiro atoms. The van der Waals surface area contributed by atoms with E-state index in [-0.39, 0.29) is 5.69 Å². The molecule has 2 N–H and O–H groups in total. The molecule has 0 radical (unpaired) electrons. The molecule has 0 unspecified atom stereocenters. The standard InChI is InChI=1S/C14H10F4N2O/c15-10-6-9(14(16,17)18)7-12(8-10)20-13(21)19-11-4-2-1-3-5-11/h1-8H,(H2,19,20,21). The van der Waals surface area contributed by atoms with Crippen molar-refractivity contribution >= 4 is 17.4 Å². The van der Waals surface area contributed by atoms with Gasteiger partial charge in [0, 0.05) is 11.4 Å². The highest BCUT2D eigenvalue weighted by atomic mass is 19.4. The predicted molar refractivity (Wildman–Crippen MR) is 70.5 cm³/mol. The average molecular weight is 298 g/mol. The van der Waals surface area contributed by atoms with Gasteiger partial charge in [0.2, 0.25) is 0 Å². The first-order valence-electron chi connectivity index (χ1n) is 5.85. The van der Waals surface area contributed by atoms with E-state index >= 15 is 0 Å². The molecule has 0 aromatic heterocycles. The van der Waals surface area contributed by atoms with Crippen molar-refractivity contribution in [1.29, 1.82) is 0 Å². The lowest BCUT2D eigenvalue weighted by Crippen LogP contribution is -2.20. The summed E-state index contributed by atoms with van der Waals surface area (Å²) in [5.41, 5.74) is -0.990. The van der Waals surface area contributed by atoms with E-state index in [4.69, 9.17) is 0 Å². The molecule has 21 heavy (non-hydrogen) atoms. The van der Waals surface area contributed by atoms with Crippen LogP contribution in [0.1, 0.15) is 5.56 Å². The van der Waals surface area contributed by atoms with Gasteiger partial charge in [-0.3, -0.25) is 0 Å². The first-order chi connectivity index (χ1) is 9.84. The Kier molecular flexibility index (Phi) is 4.11. The number of nitrogens with one attached hydrogen (secondary N) is 2. The summed E-state index contributed by atoms with van der Waals surface area (Å²) in [4.78, 5) is 11.6. The van der Waals surface area contributed by atoms with Crippen molar-refractivity contribution < 1.29 is 22.4 Å². The summed E-state index contributed by atoms with van der Waals surface area (Å²) in [6, 6.07) is 9.37. The van der Waals surface area contributed by atoms with Gasteiger partial charge in [0.15, 0.2) is 0 Å².